The Kier molecular flexibility index (Phi) is 6.25. The predicted octanol–water partition coefficient (Wildman–Crippen LogP) is 0.872. The third-order valence-electron chi connectivity index (χ3n) is 1.23. The van der Waals surface area contributed by atoms with Gasteiger partial charge in [0.2, 0.25) is 12.6 Å². The van der Waals surface area contributed by atoms with Crippen molar-refractivity contribution in [1.29, 1.82) is 0 Å². The van der Waals surface area contributed by atoms with Gasteiger partial charge in [-0.3, -0.25) is 9.64 Å². The molecule has 0 aromatic heterocycles. The van der Waals surface area contributed by atoms with Crippen LogP contribution in [-0.4, -0.2) is 31.8 Å². The predicted molar refractivity (Wildman–Crippen MR) is 43.5 cm³/mol. The topological polar surface area (TPSA) is 39.9 Å². The maximum Gasteiger partial charge on any atom is 0.327 e. The molecule has 0 aliphatic rings. The molecule has 0 amide bonds. The maximum absolute atomic E-state index is 10.4. The summed E-state index contributed by atoms with van der Waals surface area (Å²) in [6.45, 7) is 11.1. The molecule has 0 saturated heterocycles. The van der Waals surface area contributed by atoms with Crippen LogP contribution in [-0.2, 0) is 14.3 Å². The molecular weight excluding hydrogens is 158 g/mol. The van der Waals surface area contributed by atoms with Crippen LogP contribution >= 0.6 is 0 Å². The van der Waals surface area contributed by atoms with Crippen LogP contribution in [0.2, 0.25) is 0 Å². The van der Waals surface area contributed by atoms with E-state index in [4.69, 9.17) is 16.0 Å². The lowest BCUT2D eigenvalue weighted by Crippen LogP contribution is -2.30. The van der Waals surface area contributed by atoms with Crippen molar-refractivity contribution < 1.29 is 14.3 Å². The minimum atomic E-state index is -0.843. The van der Waals surface area contributed by atoms with Crippen molar-refractivity contribution in [3.63, 3.8) is 0 Å². The number of rotatable bonds is 6. The van der Waals surface area contributed by atoms with E-state index in [0.29, 0.717) is 19.5 Å². The van der Waals surface area contributed by atoms with E-state index in [2.05, 4.69) is 4.85 Å². The van der Waals surface area contributed by atoms with Crippen LogP contribution in [0.3, 0.4) is 0 Å². The van der Waals surface area contributed by atoms with Crippen molar-refractivity contribution in [3.8, 4) is 0 Å². The Bertz CT molecular complexity index is 158. The second kappa shape index (κ2) is 6.77. The highest BCUT2D eigenvalue weighted by Gasteiger charge is 2.26. The zero-order chi connectivity index (χ0) is 9.40. The Morgan fingerprint density at radius 1 is 1.42 bits per heavy atom. The van der Waals surface area contributed by atoms with Crippen molar-refractivity contribution in [2.75, 3.05) is 13.2 Å². The number of hydrogen-bond acceptors (Lipinski definition) is 3. The summed E-state index contributed by atoms with van der Waals surface area (Å²) in [7, 11) is 0. The molecule has 4 heteroatoms. The lowest BCUT2D eigenvalue weighted by molar-refractivity contribution is -0.148. The van der Waals surface area contributed by atoms with E-state index in [-0.39, 0.29) is 0 Å². The summed E-state index contributed by atoms with van der Waals surface area (Å²) in [6, 6.07) is -0.843. The first-order valence-electron chi connectivity index (χ1n) is 3.85. The van der Waals surface area contributed by atoms with E-state index in [1.165, 1.54) is 0 Å². The van der Waals surface area contributed by atoms with Gasteiger partial charge in [0.25, 0.3) is 0 Å². The van der Waals surface area contributed by atoms with Gasteiger partial charge in [-0.2, -0.15) is 0 Å². The smallest absolute Gasteiger partial charge is 0.327 e. The fourth-order valence-corrected chi connectivity index (χ4v) is 0.729. The number of nitrogens with zero attached hydrogens (tertiary/aromatic N) is 1. The first-order valence-corrected chi connectivity index (χ1v) is 3.85. The van der Waals surface area contributed by atoms with Crippen molar-refractivity contribution in [2.45, 2.75) is 26.2 Å². The van der Waals surface area contributed by atoms with Gasteiger partial charge in [0, 0.05) is 13.2 Å². The molecule has 0 fully saturated rings. The molecule has 0 saturated carbocycles. The standard InChI is InChI=1S/C8H13NO3/c1-4-11-8(12-5-2)7(6-10)9-3/h6-8H,4-5H2,1-2H3. The van der Waals surface area contributed by atoms with Crippen LogP contribution < -0.4 is 0 Å². The Morgan fingerprint density at radius 3 is 2.17 bits per heavy atom. The van der Waals surface area contributed by atoms with E-state index < -0.39 is 12.3 Å². The number of hydrogen-bond donors (Lipinski definition) is 0. The summed E-state index contributed by atoms with van der Waals surface area (Å²) in [4.78, 5) is 13.4. The van der Waals surface area contributed by atoms with Gasteiger partial charge in [0.1, 0.15) is 0 Å². The van der Waals surface area contributed by atoms with Gasteiger partial charge in [0.05, 0.1) is 0 Å². The number of aldehydes is 1. The molecule has 12 heavy (non-hydrogen) atoms. The molecule has 4 nitrogen and oxygen atoms in total. The highest BCUT2D eigenvalue weighted by atomic mass is 16.7. The molecule has 68 valence electrons. The molecule has 0 heterocycles. The van der Waals surface area contributed by atoms with Crippen molar-refractivity contribution in [3.05, 3.63) is 11.4 Å². The summed E-state index contributed by atoms with van der Waals surface area (Å²) in [5, 5.41) is 0. The first kappa shape index (κ1) is 11.1. The van der Waals surface area contributed by atoms with Crippen LogP contribution in [0.15, 0.2) is 0 Å². The first-order chi connectivity index (χ1) is 5.79. The third-order valence-corrected chi connectivity index (χ3v) is 1.23. The summed E-state index contributed by atoms with van der Waals surface area (Å²) in [6.07, 6.45) is -0.168. The maximum atomic E-state index is 10.4. The monoisotopic (exact) mass is 171 g/mol. The van der Waals surface area contributed by atoms with Crippen LogP contribution in [0.1, 0.15) is 13.8 Å². The van der Waals surface area contributed by atoms with Gasteiger partial charge < -0.3 is 9.47 Å². The number of carbonyl (C=O) groups excluding carboxylic acids is 1. The minimum absolute atomic E-state index is 0.435. The molecule has 0 aliphatic heterocycles. The SMILES string of the molecule is [C-]#[N+]C(C=O)C(OCC)OCC. The average Bonchev–Trinajstić information content (AvgIpc) is 2.07. The molecule has 0 radical (unpaired) electrons. The van der Waals surface area contributed by atoms with E-state index in [0.717, 1.165) is 0 Å². The zero-order valence-electron chi connectivity index (χ0n) is 7.32. The number of carbonyl (C=O) groups is 1. The highest BCUT2D eigenvalue weighted by Crippen LogP contribution is 2.03. The van der Waals surface area contributed by atoms with Gasteiger partial charge in [-0.05, 0) is 13.8 Å². The molecule has 1 atom stereocenters. The highest BCUT2D eigenvalue weighted by molar-refractivity contribution is 5.60. The third kappa shape index (κ3) is 3.46. The molecule has 0 rings (SSSR count). The average molecular weight is 171 g/mol. The van der Waals surface area contributed by atoms with Crippen LogP contribution in [0.5, 0.6) is 0 Å². The summed E-state index contributed by atoms with van der Waals surface area (Å²) >= 11 is 0. The summed E-state index contributed by atoms with van der Waals surface area (Å²) < 4.78 is 10.1. The fourth-order valence-electron chi connectivity index (χ4n) is 0.729. The van der Waals surface area contributed by atoms with Crippen molar-refractivity contribution >= 4 is 6.29 Å². The zero-order valence-corrected chi connectivity index (χ0v) is 7.32. The largest absolute Gasteiger partial charge is 0.346 e. The van der Waals surface area contributed by atoms with Crippen molar-refractivity contribution in [2.24, 2.45) is 0 Å². The molecule has 0 aliphatic carbocycles. The lowest BCUT2D eigenvalue weighted by atomic mass is 10.3. The second-order valence-electron chi connectivity index (χ2n) is 2.03. The Labute approximate surface area is 72.3 Å². The quantitative estimate of drug-likeness (QED) is 0.338. The lowest BCUT2D eigenvalue weighted by Gasteiger charge is -2.14. The molecule has 0 bridgehead atoms. The normalized spacial score (nSPS) is 12.5. The number of ether oxygens (including phenoxy) is 2. The van der Waals surface area contributed by atoms with Gasteiger partial charge in [0.15, 0.2) is 0 Å². The fraction of sp³-hybridized carbons (Fsp3) is 0.750. The van der Waals surface area contributed by atoms with Gasteiger partial charge >= 0.3 is 6.04 Å². The van der Waals surface area contributed by atoms with Gasteiger partial charge in [-0.25, -0.2) is 6.57 Å². The molecular formula is C8H13NO3. The Morgan fingerprint density at radius 2 is 1.92 bits per heavy atom. The van der Waals surface area contributed by atoms with E-state index >= 15 is 0 Å². The van der Waals surface area contributed by atoms with Crippen LogP contribution in [0, 0.1) is 6.57 Å². The van der Waals surface area contributed by atoms with Gasteiger partial charge in [-0.1, -0.05) is 0 Å². The summed E-state index contributed by atoms with van der Waals surface area (Å²) in [5.41, 5.74) is 0. The molecule has 0 aromatic rings. The molecule has 0 aromatic carbocycles. The van der Waals surface area contributed by atoms with Gasteiger partial charge in [-0.15, -0.1) is 0 Å². The van der Waals surface area contributed by atoms with E-state index in [9.17, 15) is 4.79 Å². The van der Waals surface area contributed by atoms with Crippen LogP contribution in [0.4, 0.5) is 0 Å². The van der Waals surface area contributed by atoms with Crippen molar-refractivity contribution in [1.82, 2.24) is 0 Å². The minimum Gasteiger partial charge on any atom is -0.346 e. The van der Waals surface area contributed by atoms with E-state index in [1.54, 1.807) is 13.8 Å². The summed E-state index contributed by atoms with van der Waals surface area (Å²) in [5.74, 6) is 0. The molecule has 1 unspecified atom stereocenters. The molecule has 0 spiro atoms. The second-order valence-corrected chi connectivity index (χ2v) is 2.03. The Balaban J connectivity index is 4.06. The van der Waals surface area contributed by atoms with E-state index in [1.807, 2.05) is 0 Å². The molecule has 0 N–H and O–H groups in total. The van der Waals surface area contributed by atoms with Crippen LogP contribution in [0.25, 0.3) is 4.85 Å². The Hall–Kier alpha value is -0.920.